The first kappa shape index (κ1) is 16.1. The van der Waals surface area contributed by atoms with Crippen LogP contribution in [0.3, 0.4) is 0 Å². The Morgan fingerprint density at radius 3 is 2.65 bits per heavy atom. The van der Waals surface area contributed by atoms with Gasteiger partial charge in [0.25, 0.3) is 0 Å². The van der Waals surface area contributed by atoms with Crippen LogP contribution in [0.4, 0.5) is 19.0 Å². The molecule has 0 saturated heterocycles. The standard InChI is InChI=1S/C12H17F3N4O/c1-3-19(7-8(2)11(16)18-20)10-6-4-5-9(17-10)12(13,14)15/h4-6,8,20H,3,7H2,1-2H3,(H2,16,18). The number of nitrogens with two attached hydrogens (primary N) is 1. The first-order chi connectivity index (χ1) is 9.29. The second-order valence-electron chi connectivity index (χ2n) is 4.34. The van der Waals surface area contributed by atoms with Gasteiger partial charge in [-0.1, -0.05) is 18.1 Å². The van der Waals surface area contributed by atoms with Crippen LogP contribution in [0.1, 0.15) is 19.5 Å². The van der Waals surface area contributed by atoms with Crippen molar-refractivity contribution in [2.45, 2.75) is 20.0 Å². The van der Waals surface area contributed by atoms with Gasteiger partial charge in [0, 0.05) is 19.0 Å². The maximum atomic E-state index is 12.6. The number of anilines is 1. The molecule has 0 aliphatic heterocycles. The number of rotatable bonds is 5. The lowest BCUT2D eigenvalue weighted by Gasteiger charge is -2.25. The highest BCUT2D eigenvalue weighted by Crippen LogP contribution is 2.29. The maximum Gasteiger partial charge on any atom is 0.433 e. The van der Waals surface area contributed by atoms with Crippen molar-refractivity contribution in [2.24, 2.45) is 16.8 Å². The van der Waals surface area contributed by atoms with Crippen LogP contribution < -0.4 is 10.6 Å². The summed E-state index contributed by atoms with van der Waals surface area (Å²) < 4.78 is 37.9. The molecule has 1 rings (SSSR count). The molecule has 0 bridgehead atoms. The molecule has 1 unspecified atom stereocenters. The van der Waals surface area contributed by atoms with Gasteiger partial charge in [0.15, 0.2) is 0 Å². The molecule has 0 saturated carbocycles. The van der Waals surface area contributed by atoms with Crippen molar-refractivity contribution in [3.05, 3.63) is 23.9 Å². The summed E-state index contributed by atoms with van der Waals surface area (Å²) in [6.07, 6.45) is -4.48. The average Bonchev–Trinajstić information content (AvgIpc) is 2.42. The fourth-order valence-electron chi connectivity index (χ4n) is 1.66. The summed E-state index contributed by atoms with van der Waals surface area (Å²) in [6, 6.07) is 3.73. The molecule has 1 aromatic rings. The molecule has 5 nitrogen and oxygen atoms in total. The molecule has 0 fully saturated rings. The number of halogens is 3. The molecule has 0 aromatic carbocycles. The quantitative estimate of drug-likeness (QED) is 0.378. The van der Waals surface area contributed by atoms with Gasteiger partial charge >= 0.3 is 6.18 Å². The predicted molar refractivity (Wildman–Crippen MR) is 69.7 cm³/mol. The zero-order valence-electron chi connectivity index (χ0n) is 11.2. The molecule has 1 atom stereocenters. The van der Waals surface area contributed by atoms with E-state index in [2.05, 4.69) is 10.1 Å². The number of hydrogen-bond acceptors (Lipinski definition) is 4. The molecule has 20 heavy (non-hydrogen) atoms. The van der Waals surface area contributed by atoms with E-state index in [0.29, 0.717) is 13.1 Å². The summed E-state index contributed by atoms with van der Waals surface area (Å²) in [5.74, 6) is -0.0772. The lowest BCUT2D eigenvalue weighted by atomic mass is 10.1. The first-order valence-electron chi connectivity index (χ1n) is 6.06. The molecular weight excluding hydrogens is 273 g/mol. The van der Waals surface area contributed by atoms with Gasteiger partial charge in [0.2, 0.25) is 0 Å². The highest BCUT2D eigenvalue weighted by atomic mass is 19.4. The molecule has 0 aliphatic carbocycles. The van der Waals surface area contributed by atoms with E-state index >= 15 is 0 Å². The van der Waals surface area contributed by atoms with E-state index in [-0.39, 0.29) is 17.6 Å². The lowest BCUT2D eigenvalue weighted by molar-refractivity contribution is -0.141. The number of hydrogen-bond donors (Lipinski definition) is 2. The molecular formula is C12H17F3N4O. The zero-order valence-corrected chi connectivity index (χ0v) is 11.2. The van der Waals surface area contributed by atoms with Crippen LogP contribution in [0.15, 0.2) is 23.4 Å². The molecule has 0 aliphatic rings. The predicted octanol–water partition coefficient (Wildman–Crippen LogP) is 2.31. The van der Waals surface area contributed by atoms with Crippen molar-refractivity contribution in [1.82, 2.24) is 4.98 Å². The van der Waals surface area contributed by atoms with Gasteiger partial charge in [-0.25, -0.2) is 4.98 Å². The molecule has 8 heteroatoms. The summed E-state index contributed by atoms with van der Waals surface area (Å²) in [7, 11) is 0. The van der Waals surface area contributed by atoms with Gasteiger partial charge in [0.05, 0.1) is 0 Å². The van der Waals surface area contributed by atoms with Crippen LogP contribution in [0, 0.1) is 5.92 Å². The highest BCUT2D eigenvalue weighted by Gasteiger charge is 2.32. The summed E-state index contributed by atoms with van der Waals surface area (Å²) >= 11 is 0. The fourth-order valence-corrected chi connectivity index (χ4v) is 1.66. The van der Waals surface area contributed by atoms with Gasteiger partial charge in [-0.05, 0) is 19.1 Å². The minimum absolute atomic E-state index is 0.0235. The Morgan fingerprint density at radius 1 is 1.50 bits per heavy atom. The summed E-state index contributed by atoms with van der Waals surface area (Å²) in [5, 5.41) is 11.5. The van der Waals surface area contributed by atoms with Gasteiger partial charge in [-0.3, -0.25) is 0 Å². The maximum absolute atomic E-state index is 12.6. The summed E-state index contributed by atoms with van der Waals surface area (Å²) in [4.78, 5) is 5.25. The minimum Gasteiger partial charge on any atom is -0.409 e. The topological polar surface area (TPSA) is 74.7 Å². The Bertz CT molecular complexity index is 476. The van der Waals surface area contributed by atoms with E-state index < -0.39 is 11.9 Å². The second-order valence-corrected chi connectivity index (χ2v) is 4.34. The molecule has 1 aromatic heterocycles. The van der Waals surface area contributed by atoms with Crippen LogP contribution in [0.25, 0.3) is 0 Å². The van der Waals surface area contributed by atoms with Crippen LogP contribution in [-0.2, 0) is 6.18 Å². The Hall–Kier alpha value is -1.99. The number of amidine groups is 1. The second kappa shape index (κ2) is 6.44. The SMILES string of the molecule is CCN(CC(C)C(N)=NO)c1cccc(C(F)(F)F)n1. The largest absolute Gasteiger partial charge is 0.433 e. The van der Waals surface area contributed by atoms with E-state index in [1.165, 1.54) is 12.1 Å². The number of oxime groups is 1. The fraction of sp³-hybridized carbons (Fsp3) is 0.500. The van der Waals surface area contributed by atoms with E-state index in [9.17, 15) is 13.2 Å². The summed E-state index contributed by atoms with van der Waals surface area (Å²) in [5.41, 5.74) is 4.53. The van der Waals surface area contributed by atoms with Crippen molar-refractivity contribution in [2.75, 3.05) is 18.0 Å². The Balaban J connectivity index is 2.96. The van der Waals surface area contributed by atoms with Crippen molar-refractivity contribution in [3.8, 4) is 0 Å². The van der Waals surface area contributed by atoms with Crippen molar-refractivity contribution in [1.29, 1.82) is 0 Å². The van der Waals surface area contributed by atoms with Gasteiger partial charge < -0.3 is 15.8 Å². The monoisotopic (exact) mass is 290 g/mol. The third-order valence-corrected chi connectivity index (χ3v) is 2.85. The van der Waals surface area contributed by atoms with Crippen LogP contribution >= 0.6 is 0 Å². The molecule has 0 spiro atoms. The van der Waals surface area contributed by atoms with E-state index in [0.717, 1.165) is 6.07 Å². The number of aromatic nitrogens is 1. The summed E-state index contributed by atoms with van der Waals surface area (Å²) in [6.45, 7) is 4.27. The van der Waals surface area contributed by atoms with Crippen molar-refractivity contribution >= 4 is 11.7 Å². The molecule has 112 valence electrons. The zero-order chi connectivity index (χ0) is 15.3. The van der Waals surface area contributed by atoms with E-state index in [1.54, 1.807) is 18.7 Å². The Labute approximate surface area is 114 Å². The third-order valence-electron chi connectivity index (χ3n) is 2.85. The van der Waals surface area contributed by atoms with Gasteiger partial charge in [-0.2, -0.15) is 13.2 Å². The first-order valence-corrected chi connectivity index (χ1v) is 6.06. The van der Waals surface area contributed by atoms with Gasteiger partial charge in [-0.15, -0.1) is 0 Å². The third kappa shape index (κ3) is 4.01. The normalized spacial score (nSPS) is 14.2. The number of pyridine rings is 1. The van der Waals surface area contributed by atoms with Crippen LogP contribution in [-0.4, -0.2) is 29.1 Å². The Kier molecular flexibility index (Phi) is 5.18. The lowest BCUT2D eigenvalue weighted by Crippen LogP contribution is -2.35. The average molecular weight is 290 g/mol. The molecule has 3 N–H and O–H groups in total. The molecule has 0 amide bonds. The number of alkyl halides is 3. The van der Waals surface area contributed by atoms with Crippen LogP contribution in [0.5, 0.6) is 0 Å². The van der Waals surface area contributed by atoms with Crippen LogP contribution in [0.2, 0.25) is 0 Å². The minimum atomic E-state index is -4.48. The van der Waals surface area contributed by atoms with Crippen molar-refractivity contribution < 1.29 is 18.4 Å². The number of nitrogens with zero attached hydrogens (tertiary/aromatic N) is 3. The van der Waals surface area contributed by atoms with E-state index in [4.69, 9.17) is 10.9 Å². The Morgan fingerprint density at radius 2 is 2.15 bits per heavy atom. The van der Waals surface area contributed by atoms with Gasteiger partial charge in [0.1, 0.15) is 17.3 Å². The highest BCUT2D eigenvalue weighted by molar-refractivity contribution is 5.82. The molecule has 0 radical (unpaired) electrons. The molecule has 1 heterocycles. The van der Waals surface area contributed by atoms with E-state index in [1.807, 2.05) is 0 Å². The van der Waals surface area contributed by atoms with Crippen molar-refractivity contribution in [3.63, 3.8) is 0 Å². The smallest absolute Gasteiger partial charge is 0.409 e.